The molecule has 1 saturated heterocycles. The number of hydrogen-bond donors (Lipinski definition) is 3. The summed E-state index contributed by atoms with van der Waals surface area (Å²) in [5.41, 5.74) is 3.88. The minimum atomic E-state index is -0.860. The molecule has 2 aliphatic heterocycles. The maximum atomic E-state index is 13.3. The summed E-state index contributed by atoms with van der Waals surface area (Å²) in [6.07, 6.45) is 2.44. The molecule has 0 saturated carbocycles. The van der Waals surface area contributed by atoms with Gasteiger partial charge in [-0.2, -0.15) is 0 Å². The minimum absolute atomic E-state index is 0.148. The number of nitrogens with zero attached hydrogens (tertiary/aromatic N) is 4. The number of amides is 2. The molecule has 2 amide bonds. The van der Waals surface area contributed by atoms with E-state index in [1.807, 2.05) is 31.2 Å². The molecule has 1 fully saturated rings. The number of hydrogen-bond acceptors (Lipinski definition) is 8. The number of aryl methyl sites for hydroxylation is 1. The molecule has 39 heavy (non-hydrogen) atoms. The van der Waals surface area contributed by atoms with Crippen molar-refractivity contribution in [2.45, 2.75) is 51.4 Å². The van der Waals surface area contributed by atoms with Gasteiger partial charge in [-0.1, -0.05) is 29.8 Å². The van der Waals surface area contributed by atoms with E-state index in [2.05, 4.69) is 25.6 Å². The van der Waals surface area contributed by atoms with Crippen LogP contribution in [-0.2, 0) is 16.1 Å². The monoisotopic (exact) mass is 550 g/mol. The van der Waals surface area contributed by atoms with Gasteiger partial charge >= 0.3 is 0 Å². The van der Waals surface area contributed by atoms with Crippen molar-refractivity contribution in [2.24, 2.45) is 0 Å². The van der Waals surface area contributed by atoms with Crippen molar-refractivity contribution in [3.63, 3.8) is 0 Å². The Balaban J connectivity index is 1.28. The first-order valence-corrected chi connectivity index (χ1v) is 13.4. The molecular weight excluding hydrogens is 520 g/mol. The topological polar surface area (TPSA) is 130 Å². The molecule has 0 bridgehead atoms. The Labute approximate surface area is 231 Å². The highest BCUT2D eigenvalue weighted by molar-refractivity contribution is 6.33. The fraction of sp³-hybridized carbons (Fsp3) is 0.393. The zero-order valence-corrected chi connectivity index (χ0v) is 22.6. The number of anilines is 1. The third-order valence-corrected chi connectivity index (χ3v) is 7.20. The van der Waals surface area contributed by atoms with Crippen LogP contribution in [0.5, 0.6) is 0 Å². The highest BCUT2D eigenvalue weighted by Gasteiger charge is 2.31. The Kier molecular flexibility index (Phi) is 8.06. The minimum Gasteiger partial charge on any atom is -0.391 e. The third kappa shape index (κ3) is 6.19. The first kappa shape index (κ1) is 27.0. The van der Waals surface area contributed by atoms with Gasteiger partial charge in [0.15, 0.2) is 0 Å². The summed E-state index contributed by atoms with van der Waals surface area (Å²) in [6, 6.07) is 10.5. The molecule has 10 nitrogen and oxygen atoms in total. The lowest BCUT2D eigenvalue weighted by molar-refractivity contribution is -0.123. The lowest BCUT2D eigenvalue weighted by Crippen LogP contribution is -2.42. The summed E-state index contributed by atoms with van der Waals surface area (Å²) in [5, 5.41) is 16.8. The zero-order valence-electron chi connectivity index (χ0n) is 21.9. The quantitative estimate of drug-likeness (QED) is 0.389. The van der Waals surface area contributed by atoms with Crippen LogP contribution in [0, 0.1) is 6.92 Å². The number of aromatic nitrogens is 3. The molecule has 1 aromatic carbocycles. The van der Waals surface area contributed by atoms with E-state index < -0.39 is 12.1 Å². The molecule has 0 unspecified atom stereocenters. The van der Waals surface area contributed by atoms with E-state index in [0.29, 0.717) is 53.2 Å². The summed E-state index contributed by atoms with van der Waals surface area (Å²) in [7, 11) is 0. The van der Waals surface area contributed by atoms with Crippen LogP contribution < -0.4 is 10.6 Å². The van der Waals surface area contributed by atoms with Gasteiger partial charge in [-0.25, -0.2) is 9.97 Å². The lowest BCUT2D eigenvalue weighted by Gasteiger charge is -2.23. The van der Waals surface area contributed by atoms with Gasteiger partial charge < -0.3 is 25.4 Å². The first-order chi connectivity index (χ1) is 18.8. The molecule has 3 N–H and O–H groups in total. The number of nitrogens with one attached hydrogen (secondary N) is 2. The van der Waals surface area contributed by atoms with Crippen molar-refractivity contribution in [2.75, 3.05) is 25.1 Å². The fourth-order valence-electron chi connectivity index (χ4n) is 4.87. The van der Waals surface area contributed by atoms with E-state index in [1.165, 1.54) is 4.90 Å². The smallest absolute Gasteiger partial charge is 0.254 e. The average molecular weight is 551 g/mol. The van der Waals surface area contributed by atoms with Crippen LogP contribution in [0.3, 0.4) is 0 Å². The highest BCUT2D eigenvalue weighted by atomic mass is 35.5. The van der Waals surface area contributed by atoms with Crippen LogP contribution >= 0.6 is 11.6 Å². The number of carbonyl (C=O) groups is 2. The maximum Gasteiger partial charge on any atom is 0.254 e. The molecule has 204 valence electrons. The standard InChI is InChI=1S/C28H31ClN6O4/c1-16-4-3-5-23(31-16)25(17(2)36)33-24(37)15-35-14-19-7-6-18(12-21(19)27(35)38)26-22(29)13-30-28(34-26)32-20-8-10-39-11-9-20/h3-7,12-13,17,20,25,36H,8-11,14-15H2,1-2H3,(H,33,37)(H,30,32,34)/t17-,25+/m0/s1. The maximum absolute atomic E-state index is 13.3. The van der Waals surface area contributed by atoms with Crippen molar-refractivity contribution in [1.82, 2.24) is 25.2 Å². The number of halogens is 1. The van der Waals surface area contributed by atoms with Gasteiger partial charge in [-0.05, 0) is 50.5 Å². The second kappa shape index (κ2) is 11.6. The molecule has 2 atom stereocenters. The van der Waals surface area contributed by atoms with Gasteiger partial charge in [-0.15, -0.1) is 0 Å². The Morgan fingerprint density at radius 3 is 2.77 bits per heavy atom. The van der Waals surface area contributed by atoms with Crippen molar-refractivity contribution in [3.05, 3.63) is 70.1 Å². The summed E-state index contributed by atoms with van der Waals surface area (Å²) in [4.78, 5) is 41.0. The van der Waals surface area contributed by atoms with Crippen LogP contribution in [0.25, 0.3) is 11.3 Å². The van der Waals surface area contributed by atoms with Crippen LogP contribution in [0.15, 0.2) is 42.6 Å². The molecule has 5 rings (SSSR count). The Morgan fingerprint density at radius 1 is 1.23 bits per heavy atom. The summed E-state index contributed by atoms with van der Waals surface area (Å²) >= 11 is 6.45. The second-order valence-electron chi connectivity index (χ2n) is 9.94. The number of pyridine rings is 1. The average Bonchev–Trinajstić information content (AvgIpc) is 3.23. The van der Waals surface area contributed by atoms with Gasteiger partial charge in [0.1, 0.15) is 6.54 Å². The van der Waals surface area contributed by atoms with Gasteiger partial charge in [0.2, 0.25) is 11.9 Å². The normalized spacial score (nSPS) is 17.0. The molecular formula is C28H31ClN6O4. The van der Waals surface area contributed by atoms with E-state index in [9.17, 15) is 14.7 Å². The Bertz CT molecular complexity index is 1380. The Morgan fingerprint density at radius 2 is 2.03 bits per heavy atom. The van der Waals surface area contributed by atoms with E-state index in [4.69, 9.17) is 16.3 Å². The van der Waals surface area contributed by atoms with Crippen molar-refractivity contribution < 1.29 is 19.4 Å². The number of rotatable bonds is 8. The molecule has 3 aromatic rings. The van der Waals surface area contributed by atoms with Gasteiger partial charge in [0, 0.05) is 42.6 Å². The highest BCUT2D eigenvalue weighted by Crippen LogP contribution is 2.31. The molecule has 4 heterocycles. The number of fused-ring (bicyclic) bond motifs is 1. The van der Waals surface area contributed by atoms with Crippen molar-refractivity contribution in [3.8, 4) is 11.3 Å². The molecule has 0 aliphatic carbocycles. The second-order valence-corrected chi connectivity index (χ2v) is 10.4. The van der Waals surface area contributed by atoms with Crippen LogP contribution in [0.2, 0.25) is 5.02 Å². The largest absolute Gasteiger partial charge is 0.391 e. The summed E-state index contributed by atoms with van der Waals surface area (Å²) in [5.74, 6) is -0.162. The molecule has 2 aromatic heterocycles. The van der Waals surface area contributed by atoms with Gasteiger partial charge in [-0.3, -0.25) is 14.6 Å². The van der Waals surface area contributed by atoms with Crippen LogP contribution in [0.4, 0.5) is 5.95 Å². The SMILES string of the molecule is Cc1cccc([C@H](NC(=O)CN2Cc3ccc(-c4nc(NC5CCOCC5)ncc4Cl)cc3C2=O)[C@H](C)O)n1. The summed E-state index contributed by atoms with van der Waals surface area (Å²) in [6.45, 7) is 4.99. The molecule has 11 heteroatoms. The molecule has 0 spiro atoms. The third-order valence-electron chi connectivity index (χ3n) is 6.92. The van der Waals surface area contributed by atoms with Crippen LogP contribution in [-0.4, -0.2) is 68.7 Å². The fourth-order valence-corrected chi connectivity index (χ4v) is 5.07. The molecule has 0 radical (unpaired) electrons. The number of aliphatic hydroxyl groups excluding tert-OH is 1. The van der Waals surface area contributed by atoms with Gasteiger partial charge in [0.05, 0.1) is 34.8 Å². The van der Waals surface area contributed by atoms with E-state index in [-0.39, 0.29) is 24.4 Å². The first-order valence-electron chi connectivity index (χ1n) is 13.0. The van der Waals surface area contributed by atoms with E-state index >= 15 is 0 Å². The molecule has 2 aliphatic rings. The summed E-state index contributed by atoms with van der Waals surface area (Å²) < 4.78 is 5.41. The zero-order chi connectivity index (χ0) is 27.5. The number of benzene rings is 1. The van der Waals surface area contributed by atoms with E-state index in [1.54, 1.807) is 25.3 Å². The number of ether oxygens (including phenoxy) is 1. The predicted octanol–water partition coefficient (Wildman–Crippen LogP) is 3.29. The Hall–Kier alpha value is -3.60. The number of carbonyl (C=O) groups excluding carboxylic acids is 2. The van der Waals surface area contributed by atoms with E-state index in [0.717, 1.165) is 24.1 Å². The predicted molar refractivity (Wildman–Crippen MR) is 146 cm³/mol. The van der Waals surface area contributed by atoms with Crippen molar-refractivity contribution in [1.29, 1.82) is 0 Å². The van der Waals surface area contributed by atoms with Gasteiger partial charge in [0.25, 0.3) is 5.91 Å². The number of aliphatic hydroxyl groups is 1. The van der Waals surface area contributed by atoms with Crippen LogP contribution in [0.1, 0.15) is 53.1 Å². The lowest BCUT2D eigenvalue weighted by atomic mass is 10.0. The van der Waals surface area contributed by atoms with Crippen molar-refractivity contribution >= 4 is 29.4 Å².